The molecule has 0 amide bonds. The molecule has 0 saturated heterocycles. The monoisotopic (exact) mass is 254 g/mol. The van der Waals surface area contributed by atoms with Gasteiger partial charge in [-0.3, -0.25) is 0 Å². The maximum absolute atomic E-state index is 8.92. The van der Waals surface area contributed by atoms with Crippen molar-refractivity contribution in [2.45, 2.75) is 13.5 Å². The zero-order valence-electron chi connectivity index (χ0n) is 9.79. The van der Waals surface area contributed by atoms with Gasteiger partial charge in [-0.25, -0.2) is 9.97 Å². The van der Waals surface area contributed by atoms with Gasteiger partial charge in [-0.2, -0.15) is 5.26 Å². The van der Waals surface area contributed by atoms with Crippen LogP contribution in [0.15, 0.2) is 29.1 Å². The van der Waals surface area contributed by atoms with Crippen molar-refractivity contribution >= 4 is 22.4 Å². The Bertz CT molecular complexity index is 734. The highest BCUT2D eigenvalue weighted by Gasteiger charge is 2.13. The lowest BCUT2D eigenvalue weighted by Gasteiger charge is -2.03. The molecule has 0 aliphatic heterocycles. The summed E-state index contributed by atoms with van der Waals surface area (Å²) in [5.41, 5.74) is 5.21. The van der Waals surface area contributed by atoms with Crippen LogP contribution in [0.1, 0.15) is 12.5 Å². The van der Waals surface area contributed by atoms with E-state index in [1.807, 2.05) is 23.6 Å². The van der Waals surface area contributed by atoms with Crippen LogP contribution in [0.2, 0.25) is 0 Å². The number of nitriles is 1. The molecule has 0 aliphatic carbocycles. The van der Waals surface area contributed by atoms with E-state index in [4.69, 9.17) is 5.26 Å². The maximum Gasteiger partial charge on any atom is 0.160 e. The summed E-state index contributed by atoms with van der Waals surface area (Å²) in [6.45, 7) is 2.91. The third kappa shape index (κ3) is 1.59. The summed E-state index contributed by atoms with van der Waals surface area (Å²) in [4.78, 5) is 8.89. The molecule has 2 aromatic heterocycles. The first-order chi connectivity index (χ1) is 8.83. The van der Waals surface area contributed by atoms with E-state index in [1.165, 1.54) is 0 Å². The van der Waals surface area contributed by atoms with Crippen molar-refractivity contribution in [1.82, 2.24) is 14.5 Å². The predicted molar refractivity (Wildman–Crippen MR) is 71.2 cm³/mol. The average Bonchev–Trinajstić information content (AvgIpc) is 3.04. The third-order valence-electron chi connectivity index (χ3n) is 2.85. The van der Waals surface area contributed by atoms with Crippen molar-refractivity contribution in [3.63, 3.8) is 0 Å². The fourth-order valence-corrected chi connectivity index (χ4v) is 2.57. The van der Waals surface area contributed by atoms with Gasteiger partial charge in [0.05, 0.1) is 28.2 Å². The number of imidazole rings is 1. The number of aromatic nitrogens is 3. The van der Waals surface area contributed by atoms with E-state index < -0.39 is 0 Å². The van der Waals surface area contributed by atoms with E-state index in [0.717, 1.165) is 29.1 Å². The Kier molecular flexibility index (Phi) is 2.58. The number of benzene rings is 1. The first-order valence-corrected chi connectivity index (χ1v) is 6.56. The zero-order valence-corrected chi connectivity index (χ0v) is 10.6. The van der Waals surface area contributed by atoms with Gasteiger partial charge >= 0.3 is 0 Å². The Balaban J connectivity index is 2.30. The highest BCUT2D eigenvalue weighted by atomic mass is 32.1. The summed E-state index contributed by atoms with van der Waals surface area (Å²) in [6.07, 6.45) is 0. The molecule has 0 atom stereocenters. The first kappa shape index (κ1) is 10.9. The van der Waals surface area contributed by atoms with Gasteiger partial charge in [0.25, 0.3) is 0 Å². The average molecular weight is 254 g/mol. The largest absolute Gasteiger partial charge is 0.323 e. The molecule has 0 saturated carbocycles. The molecule has 2 heterocycles. The lowest BCUT2D eigenvalue weighted by atomic mass is 10.2. The number of nitrogens with zero attached hydrogens (tertiary/aromatic N) is 4. The predicted octanol–water partition coefficient (Wildman–Crippen LogP) is 3.05. The molecule has 0 bridgehead atoms. The van der Waals surface area contributed by atoms with Gasteiger partial charge < -0.3 is 4.57 Å². The summed E-state index contributed by atoms with van der Waals surface area (Å²) in [7, 11) is 0. The van der Waals surface area contributed by atoms with E-state index in [-0.39, 0.29) is 0 Å². The van der Waals surface area contributed by atoms with E-state index >= 15 is 0 Å². The number of fused-ring (bicyclic) bond motifs is 1. The van der Waals surface area contributed by atoms with Crippen LogP contribution in [0, 0.1) is 11.3 Å². The molecule has 1 aromatic carbocycles. The molecule has 0 radical (unpaired) electrons. The zero-order chi connectivity index (χ0) is 12.5. The fourth-order valence-electron chi connectivity index (χ4n) is 2.04. The molecule has 0 fully saturated rings. The molecule has 88 valence electrons. The van der Waals surface area contributed by atoms with Crippen LogP contribution in [-0.2, 0) is 6.54 Å². The molecular weight excluding hydrogens is 244 g/mol. The van der Waals surface area contributed by atoms with Gasteiger partial charge in [0.15, 0.2) is 5.82 Å². The second-order valence-corrected chi connectivity index (χ2v) is 4.59. The number of hydrogen-bond donors (Lipinski definition) is 0. The number of thiazole rings is 1. The van der Waals surface area contributed by atoms with Crippen LogP contribution in [0.3, 0.4) is 0 Å². The van der Waals surface area contributed by atoms with Gasteiger partial charge in [0.1, 0.15) is 5.69 Å². The topological polar surface area (TPSA) is 54.5 Å². The van der Waals surface area contributed by atoms with Crippen molar-refractivity contribution in [3.05, 3.63) is 34.7 Å². The van der Waals surface area contributed by atoms with Crippen molar-refractivity contribution in [2.75, 3.05) is 0 Å². The molecule has 18 heavy (non-hydrogen) atoms. The number of hydrogen-bond acceptors (Lipinski definition) is 4. The van der Waals surface area contributed by atoms with Gasteiger partial charge in [-0.1, -0.05) is 0 Å². The van der Waals surface area contributed by atoms with Crippen LogP contribution in [-0.4, -0.2) is 14.5 Å². The van der Waals surface area contributed by atoms with Gasteiger partial charge in [0, 0.05) is 11.9 Å². The smallest absolute Gasteiger partial charge is 0.160 e. The highest BCUT2D eigenvalue weighted by Crippen LogP contribution is 2.25. The molecule has 0 N–H and O–H groups in total. The lowest BCUT2D eigenvalue weighted by Crippen LogP contribution is -1.97. The quantitative estimate of drug-likeness (QED) is 0.706. The van der Waals surface area contributed by atoms with Crippen LogP contribution < -0.4 is 0 Å². The van der Waals surface area contributed by atoms with Gasteiger partial charge in [-0.05, 0) is 25.1 Å². The van der Waals surface area contributed by atoms with Crippen molar-refractivity contribution < 1.29 is 0 Å². The standard InChI is InChI=1S/C13H10N4S/c1-2-17-12-4-3-9(6-14)5-10(12)16-13(17)11-7-18-8-15-11/h3-5,7-8H,2H2,1H3. The van der Waals surface area contributed by atoms with Crippen LogP contribution in [0.4, 0.5) is 0 Å². The molecule has 4 nitrogen and oxygen atoms in total. The minimum atomic E-state index is 0.632. The Hall–Kier alpha value is -2.19. The second-order valence-electron chi connectivity index (χ2n) is 3.87. The van der Waals surface area contributed by atoms with Crippen molar-refractivity contribution in [3.8, 4) is 17.6 Å². The minimum Gasteiger partial charge on any atom is -0.323 e. The molecule has 0 aliphatic rings. The Labute approximate surface area is 108 Å². The molecular formula is C13H10N4S. The Morgan fingerprint density at radius 3 is 3.00 bits per heavy atom. The van der Waals surface area contributed by atoms with Gasteiger partial charge in [-0.15, -0.1) is 11.3 Å². The fraction of sp³-hybridized carbons (Fsp3) is 0.154. The number of rotatable bonds is 2. The van der Waals surface area contributed by atoms with E-state index in [0.29, 0.717) is 5.56 Å². The van der Waals surface area contributed by atoms with E-state index in [9.17, 15) is 0 Å². The van der Waals surface area contributed by atoms with Crippen molar-refractivity contribution in [2.24, 2.45) is 0 Å². The minimum absolute atomic E-state index is 0.632. The molecule has 3 rings (SSSR count). The SMILES string of the molecule is CCn1c(-c2cscn2)nc2cc(C#N)ccc21. The first-order valence-electron chi connectivity index (χ1n) is 5.62. The van der Waals surface area contributed by atoms with Crippen LogP contribution in [0.25, 0.3) is 22.6 Å². The molecule has 0 spiro atoms. The van der Waals surface area contributed by atoms with E-state index in [1.54, 1.807) is 16.8 Å². The number of aryl methyl sites for hydroxylation is 1. The third-order valence-corrected chi connectivity index (χ3v) is 3.44. The summed E-state index contributed by atoms with van der Waals surface area (Å²) in [5, 5.41) is 10.9. The Morgan fingerprint density at radius 2 is 2.33 bits per heavy atom. The van der Waals surface area contributed by atoms with Crippen LogP contribution >= 0.6 is 11.3 Å². The summed E-state index contributed by atoms with van der Waals surface area (Å²) in [5.74, 6) is 0.865. The molecule has 0 unspecified atom stereocenters. The van der Waals surface area contributed by atoms with Gasteiger partial charge in [0.2, 0.25) is 0 Å². The molecule has 5 heteroatoms. The second kappa shape index (κ2) is 4.24. The summed E-state index contributed by atoms with van der Waals surface area (Å²) in [6, 6.07) is 7.72. The Morgan fingerprint density at radius 1 is 1.44 bits per heavy atom. The summed E-state index contributed by atoms with van der Waals surface area (Å²) < 4.78 is 2.12. The maximum atomic E-state index is 8.92. The lowest BCUT2D eigenvalue weighted by molar-refractivity contribution is 0.794. The normalized spacial score (nSPS) is 10.7. The van der Waals surface area contributed by atoms with Crippen molar-refractivity contribution in [1.29, 1.82) is 5.26 Å². The molecule has 3 aromatic rings. The van der Waals surface area contributed by atoms with E-state index in [2.05, 4.69) is 27.5 Å². The summed E-state index contributed by atoms with van der Waals surface area (Å²) >= 11 is 1.55. The highest BCUT2D eigenvalue weighted by molar-refractivity contribution is 7.07. The van der Waals surface area contributed by atoms with Crippen LogP contribution in [0.5, 0.6) is 0 Å².